The molecule has 0 bridgehead atoms. The van der Waals surface area contributed by atoms with Crippen LogP contribution in [0.3, 0.4) is 0 Å². The molecular weight excluding hydrogens is 409 g/mol. The lowest BCUT2D eigenvalue weighted by atomic mass is 10.1. The summed E-state index contributed by atoms with van der Waals surface area (Å²) in [6, 6.07) is 6.68. The van der Waals surface area contributed by atoms with E-state index in [1.54, 1.807) is 13.0 Å². The highest BCUT2D eigenvalue weighted by Crippen LogP contribution is 2.31. The van der Waals surface area contributed by atoms with Gasteiger partial charge in [-0.3, -0.25) is 0 Å². The minimum absolute atomic E-state index is 0.183. The van der Waals surface area contributed by atoms with Crippen molar-refractivity contribution in [2.24, 2.45) is 5.14 Å². The first-order chi connectivity index (χ1) is 12.5. The van der Waals surface area contributed by atoms with E-state index in [0.717, 1.165) is 22.4 Å². The van der Waals surface area contributed by atoms with Crippen molar-refractivity contribution in [2.75, 3.05) is 0 Å². The van der Waals surface area contributed by atoms with Gasteiger partial charge in [0.15, 0.2) is 16.7 Å². The molecule has 0 atom stereocenters. The Bertz CT molecular complexity index is 1110. The van der Waals surface area contributed by atoms with Gasteiger partial charge in [-0.1, -0.05) is 23.7 Å². The Balaban J connectivity index is 2.19. The van der Waals surface area contributed by atoms with E-state index in [4.69, 9.17) is 16.7 Å². The molecule has 2 N–H and O–H groups in total. The molecule has 0 saturated carbocycles. The van der Waals surface area contributed by atoms with E-state index >= 15 is 0 Å². The van der Waals surface area contributed by atoms with Crippen LogP contribution in [0.15, 0.2) is 35.4 Å². The maximum atomic E-state index is 13.1. The van der Waals surface area contributed by atoms with Crippen molar-refractivity contribution in [1.82, 2.24) is 25.0 Å². The fraction of sp³-hybridized carbons (Fsp3) is 0.143. The third kappa shape index (κ3) is 3.91. The van der Waals surface area contributed by atoms with Gasteiger partial charge in [0, 0.05) is 10.6 Å². The standard InChI is InChI=1S/C14H10ClF3N6O2S/c1-7-2-3-8(6-9(7)15)12-20-13(14(16,17)18)23-24(12)10-4-5-11(22-21-10)27(19,25)26/h2-6H,1H3,(H2,19,25,26). The second-order valence-electron chi connectivity index (χ2n) is 5.41. The third-order valence-corrected chi connectivity index (χ3v) is 4.63. The zero-order valence-corrected chi connectivity index (χ0v) is 15.0. The first-order valence-corrected chi connectivity index (χ1v) is 9.07. The summed E-state index contributed by atoms with van der Waals surface area (Å²) in [5.74, 6) is -1.77. The molecule has 0 amide bonds. The fourth-order valence-corrected chi connectivity index (χ4v) is 2.68. The first kappa shape index (κ1) is 19.2. The second-order valence-corrected chi connectivity index (χ2v) is 7.32. The van der Waals surface area contributed by atoms with E-state index in [1.165, 1.54) is 12.1 Å². The van der Waals surface area contributed by atoms with Gasteiger partial charge in [-0.05, 0) is 30.7 Å². The van der Waals surface area contributed by atoms with Gasteiger partial charge in [0.25, 0.3) is 15.8 Å². The zero-order valence-electron chi connectivity index (χ0n) is 13.4. The molecular formula is C14H10ClF3N6O2S. The summed E-state index contributed by atoms with van der Waals surface area (Å²) >= 11 is 6.04. The predicted molar refractivity (Wildman–Crippen MR) is 88.5 cm³/mol. The molecule has 3 aromatic rings. The van der Waals surface area contributed by atoms with Gasteiger partial charge in [-0.25, -0.2) is 18.5 Å². The number of hydrogen-bond acceptors (Lipinski definition) is 6. The number of rotatable bonds is 3. The summed E-state index contributed by atoms with van der Waals surface area (Å²) in [7, 11) is -4.11. The molecule has 0 saturated heterocycles. The number of benzene rings is 1. The summed E-state index contributed by atoms with van der Waals surface area (Å²) in [4.78, 5) is 3.53. The van der Waals surface area contributed by atoms with Crippen LogP contribution in [0, 0.1) is 6.92 Å². The minimum Gasteiger partial charge on any atom is -0.223 e. The Kier molecular flexibility index (Phi) is 4.66. The van der Waals surface area contributed by atoms with Gasteiger partial charge >= 0.3 is 6.18 Å². The molecule has 0 radical (unpaired) electrons. The fourth-order valence-electron chi connectivity index (χ4n) is 2.09. The van der Waals surface area contributed by atoms with Crippen molar-refractivity contribution in [3.63, 3.8) is 0 Å². The number of halogens is 4. The molecule has 13 heteroatoms. The molecule has 2 aromatic heterocycles. The lowest BCUT2D eigenvalue weighted by molar-refractivity contribution is -0.144. The Hall–Kier alpha value is -2.57. The molecule has 27 heavy (non-hydrogen) atoms. The van der Waals surface area contributed by atoms with Crippen molar-refractivity contribution in [3.8, 4) is 17.2 Å². The van der Waals surface area contributed by atoms with E-state index in [-0.39, 0.29) is 17.2 Å². The Morgan fingerprint density at radius 2 is 1.85 bits per heavy atom. The highest BCUT2D eigenvalue weighted by atomic mass is 35.5. The number of nitrogens with zero attached hydrogens (tertiary/aromatic N) is 5. The van der Waals surface area contributed by atoms with Crippen LogP contribution in [-0.4, -0.2) is 33.4 Å². The van der Waals surface area contributed by atoms with Crippen molar-refractivity contribution < 1.29 is 21.6 Å². The van der Waals surface area contributed by atoms with E-state index in [1.807, 2.05) is 0 Å². The Morgan fingerprint density at radius 1 is 1.15 bits per heavy atom. The van der Waals surface area contributed by atoms with Gasteiger partial charge in [0.2, 0.25) is 0 Å². The molecule has 0 spiro atoms. The predicted octanol–water partition coefficient (Wildman–Crippen LogP) is 2.35. The van der Waals surface area contributed by atoms with Crippen LogP contribution in [0.25, 0.3) is 17.2 Å². The molecule has 0 aliphatic heterocycles. The number of nitrogens with two attached hydrogens (primary N) is 1. The van der Waals surface area contributed by atoms with Crippen LogP contribution in [0.4, 0.5) is 13.2 Å². The maximum Gasteiger partial charge on any atom is 0.453 e. The maximum absolute atomic E-state index is 13.1. The highest BCUT2D eigenvalue weighted by molar-refractivity contribution is 7.89. The lowest BCUT2D eigenvalue weighted by Crippen LogP contribution is -2.15. The third-order valence-electron chi connectivity index (χ3n) is 3.43. The van der Waals surface area contributed by atoms with Gasteiger partial charge in [-0.15, -0.1) is 15.3 Å². The van der Waals surface area contributed by atoms with Crippen LogP contribution in [0.5, 0.6) is 0 Å². The van der Waals surface area contributed by atoms with E-state index < -0.39 is 27.0 Å². The number of aromatic nitrogens is 5. The molecule has 142 valence electrons. The van der Waals surface area contributed by atoms with Crippen LogP contribution in [0.1, 0.15) is 11.4 Å². The van der Waals surface area contributed by atoms with Crippen molar-refractivity contribution in [3.05, 3.63) is 46.7 Å². The molecule has 0 fully saturated rings. The first-order valence-electron chi connectivity index (χ1n) is 7.14. The number of aryl methyl sites for hydroxylation is 1. The molecule has 8 nitrogen and oxygen atoms in total. The van der Waals surface area contributed by atoms with Crippen LogP contribution >= 0.6 is 11.6 Å². The Morgan fingerprint density at radius 3 is 2.37 bits per heavy atom. The Labute approximate surface area is 155 Å². The summed E-state index contributed by atoms with van der Waals surface area (Å²) in [5.41, 5.74) is 0.978. The van der Waals surface area contributed by atoms with Gasteiger partial charge in [0.1, 0.15) is 0 Å². The van der Waals surface area contributed by atoms with Gasteiger partial charge in [-0.2, -0.15) is 17.9 Å². The van der Waals surface area contributed by atoms with Gasteiger partial charge in [0.05, 0.1) is 0 Å². The smallest absolute Gasteiger partial charge is 0.223 e. The van der Waals surface area contributed by atoms with Crippen LogP contribution in [-0.2, 0) is 16.2 Å². The SMILES string of the molecule is Cc1ccc(-c2nc(C(F)(F)F)nn2-c2ccc(S(N)(=O)=O)nn2)cc1Cl. The summed E-state index contributed by atoms with van der Waals surface area (Å²) < 4.78 is 62.5. The topological polar surface area (TPSA) is 117 Å². The van der Waals surface area contributed by atoms with E-state index in [9.17, 15) is 21.6 Å². The largest absolute Gasteiger partial charge is 0.453 e. The number of primary sulfonamides is 1. The highest BCUT2D eigenvalue weighted by Gasteiger charge is 2.37. The monoisotopic (exact) mass is 418 g/mol. The van der Waals surface area contributed by atoms with Gasteiger partial charge < -0.3 is 0 Å². The average Bonchev–Trinajstić information content (AvgIpc) is 3.02. The molecule has 3 rings (SSSR count). The number of alkyl halides is 3. The van der Waals surface area contributed by atoms with E-state index in [2.05, 4.69) is 20.3 Å². The number of hydrogen-bond donors (Lipinski definition) is 1. The van der Waals surface area contributed by atoms with Crippen molar-refractivity contribution in [2.45, 2.75) is 18.1 Å². The molecule has 2 heterocycles. The number of sulfonamides is 1. The molecule has 0 aliphatic rings. The molecule has 0 unspecified atom stereocenters. The minimum atomic E-state index is -4.80. The van der Waals surface area contributed by atoms with Crippen LogP contribution in [0.2, 0.25) is 5.02 Å². The molecule has 1 aromatic carbocycles. The summed E-state index contributed by atoms with van der Waals surface area (Å²) in [6.45, 7) is 1.73. The summed E-state index contributed by atoms with van der Waals surface area (Å²) in [5, 5.41) is 15.1. The molecule has 0 aliphatic carbocycles. The lowest BCUT2D eigenvalue weighted by Gasteiger charge is -2.06. The van der Waals surface area contributed by atoms with Crippen molar-refractivity contribution >= 4 is 21.6 Å². The van der Waals surface area contributed by atoms with E-state index in [0.29, 0.717) is 5.02 Å². The van der Waals surface area contributed by atoms with Crippen molar-refractivity contribution in [1.29, 1.82) is 0 Å². The zero-order chi connectivity index (χ0) is 20.0. The average molecular weight is 419 g/mol. The second kappa shape index (κ2) is 6.55. The summed E-state index contributed by atoms with van der Waals surface area (Å²) in [6.07, 6.45) is -4.80. The normalized spacial score (nSPS) is 12.4. The quantitative estimate of drug-likeness (QED) is 0.697. The van der Waals surface area contributed by atoms with Crippen LogP contribution < -0.4 is 5.14 Å².